The Labute approximate surface area is 148 Å². The number of oxazole rings is 1. The molecule has 3 aromatic rings. The van der Waals surface area contributed by atoms with Crippen molar-refractivity contribution in [2.75, 3.05) is 16.8 Å². The fraction of sp³-hybridized carbons (Fsp3) is 0.211. The number of benzene rings is 2. The van der Waals surface area contributed by atoms with Gasteiger partial charge in [-0.05, 0) is 30.3 Å². The number of amides is 2. The third-order valence-corrected chi connectivity index (χ3v) is 4.42. The summed E-state index contributed by atoms with van der Waals surface area (Å²) >= 11 is 0. The summed E-state index contributed by atoms with van der Waals surface area (Å²) in [5.74, 6) is -1.03. The van der Waals surface area contributed by atoms with E-state index in [0.717, 1.165) is 0 Å². The van der Waals surface area contributed by atoms with Crippen molar-refractivity contribution in [1.82, 2.24) is 4.98 Å². The number of aryl methyl sites for hydroxylation is 1. The van der Waals surface area contributed by atoms with Gasteiger partial charge in [0.05, 0.1) is 11.6 Å². The molecule has 1 fully saturated rings. The molecule has 1 aliphatic rings. The highest BCUT2D eigenvalue weighted by Gasteiger charge is 2.35. The van der Waals surface area contributed by atoms with Gasteiger partial charge in [-0.1, -0.05) is 12.1 Å². The van der Waals surface area contributed by atoms with Crippen LogP contribution in [-0.4, -0.2) is 23.3 Å². The van der Waals surface area contributed by atoms with Gasteiger partial charge >= 0.3 is 0 Å². The van der Waals surface area contributed by atoms with Crippen molar-refractivity contribution < 1.29 is 18.4 Å². The minimum absolute atomic E-state index is 0.0795. The second kappa shape index (κ2) is 6.25. The van der Waals surface area contributed by atoms with Gasteiger partial charge in [0, 0.05) is 25.6 Å². The van der Waals surface area contributed by atoms with E-state index in [2.05, 4.69) is 10.3 Å². The molecular formula is C19H16FN3O3. The molecule has 6 nitrogen and oxygen atoms in total. The van der Waals surface area contributed by atoms with Crippen molar-refractivity contribution in [2.45, 2.75) is 13.3 Å². The molecule has 0 bridgehead atoms. The Morgan fingerprint density at radius 1 is 1.31 bits per heavy atom. The van der Waals surface area contributed by atoms with Gasteiger partial charge in [0.15, 0.2) is 11.5 Å². The van der Waals surface area contributed by atoms with Gasteiger partial charge in [0.2, 0.25) is 11.8 Å². The van der Waals surface area contributed by atoms with Crippen LogP contribution in [0.1, 0.15) is 12.3 Å². The largest absolute Gasteiger partial charge is 0.441 e. The molecule has 0 saturated carbocycles. The van der Waals surface area contributed by atoms with E-state index in [1.54, 1.807) is 42.2 Å². The lowest BCUT2D eigenvalue weighted by Crippen LogP contribution is -2.28. The van der Waals surface area contributed by atoms with Crippen molar-refractivity contribution >= 4 is 34.3 Å². The molecule has 1 atom stereocenters. The number of nitrogens with one attached hydrogen (secondary N) is 1. The van der Waals surface area contributed by atoms with Gasteiger partial charge in [-0.15, -0.1) is 0 Å². The van der Waals surface area contributed by atoms with Gasteiger partial charge in [0.25, 0.3) is 0 Å². The van der Waals surface area contributed by atoms with E-state index in [-0.39, 0.29) is 30.5 Å². The minimum Gasteiger partial charge on any atom is -0.441 e. The molecule has 2 heterocycles. The predicted molar refractivity (Wildman–Crippen MR) is 94.2 cm³/mol. The number of carbonyl (C=O) groups is 2. The van der Waals surface area contributed by atoms with Crippen LogP contribution in [0.5, 0.6) is 0 Å². The minimum atomic E-state index is -0.545. The van der Waals surface area contributed by atoms with Crippen LogP contribution in [0.2, 0.25) is 0 Å². The third kappa shape index (κ3) is 2.92. The number of halogens is 1. The van der Waals surface area contributed by atoms with Crippen molar-refractivity contribution in [2.24, 2.45) is 5.92 Å². The Morgan fingerprint density at radius 3 is 2.92 bits per heavy atom. The second-order valence-electron chi connectivity index (χ2n) is 6.26. The van der Waals surface area contributed by atoms with Gasteiger partial charge in [0.1, 0.15) is 11.3 Å². The Morgan fingerprint density at radius 2 is 2.12 bits per heavy atom. The molecule has 4 rings (SSSR count). The molecule has 1 saturated heterocycles. The van der Waals surface area contributed by atoms with Crippen LogP contribution in [0.4, 0.5) is 15.8 Å². The van der Waals surface area contributed by atoms with Crippen molar-refractivity contribution in [3.8, 4) is 0 Å². The standard InChI is InChI=1S/C19H16FN3O3/c1-11-21-16-9-13(6-7-17(16)26-11)23-10-12(8-18(23)24)19(25)22-15-5-3-2-4-14(15)20/h2-7,9,12H,8,10H2,1H3,(H,22,25)/t12-/m0/s1. The van der Waals surface area contributed by atoms with E-state index < -0.39 is 11.7 Å². The molecule has 0 unspecified atom stereocenters. The number of para-hydroxylation sites is 1. The Hall–Kier alpha value is -3.22. The zero-order valence-electron chi connectivity index (χ0n) is 14.0. The average Bonchev–Trinajstić information content (AvgIpc) is 3.18. The highest BCUT2D eigenvalue weighted by atomic mass is 19.1. The van der Waals surface area contributed by atoms with Crippen molar-refractivity contribution in [3.05, 3.63) is 54.2 Å². The second-order valence-corrected chi connectivity index (χ2v) is 6.26. The zero-order chi connectivity index (χ0) is 18.3. The molecule has 132 valence electrons. The highest BCUT2D eigenvalue weighted by molar-refractivity contribution is 6.04. The summed E-state index contributed by atoms with van der Waals surface area (Å²) in [6, 6.07) is 11.2. The normalized spacial score (nSPS) is 17.1. The van der Waals surface area contributed by atoms with E-state index in [9.17, 15) is 14.0 Å². The fourth-order valence-corrected chi connectivity index (χ4v) is 3.13. The Bertz CT molecular complexity index is 1010. The fourth-order valence-electron chi connectivity index (χ4n) is 3.13. The highest BCUT2D eigenvalue weighted by Crippen LogP contribution is 2.29. The molecule has 0 radical (unpaired) electrons. The Balaban J connectivity index is 1.52. The maximum absolute atomic E-state index is 13.7. The van der Waals surface area contributed by atoms with Gasteiger partial charge < -0.3 is 14.6 Å². The molecule has 0 aliphatic carbocycles. The number of aromatic nitrogens is 1. The van der Waals surface area contributed by atoms with Crippen LogP contribution in [0.25, 0.3) is 11.1 Å². The number of nitrogens with zero attached hydrogens (tertiary/aromatic N) is 2. The maximum Gasteiger partial charge on any atom is 0.229 e. The lowest BCUT2D eigenvalue weighted by molar-refractivity contribution is -0.122. The number of carbonyl (C=O) groups excluding carboxylic acids is 2. The van der Waals surface area contributed by atoms with Crippen LogP contribution < -0.4 is 10.2 Å². The topological polar surface area (TPSA) is 75.4 Å². The Kier molecular flexibility index (Phi) is 3.91. The first-order chi connectivity index (χ1) is 12.5. The number of anilines is 2. The van der Waals surface area contributed by atoms with Gasteiger partial charge in [-0.3, -0.25) is 9.59 Å². The third-order valence-electron chi connectivity index (χ3n) is 4.42. The number of hydrogen-bond donors (Lipinski definition) is 1. The monoisotopic (exact) mass is 353 g/mol. The van der Waals surface area contributed by atoms with E-state index in [1.807, 2.05) is 0 Å². The summed E-state index contributed by atoms with van der Waals surface area (Å²) in [5.41, 5.74) is 2.08. The van der Waals surface area contributed by atoms with E-state index in [1.165, 1.54) is 12.1 Å². The van der Waals surface area contributed by atoms with Crippen LogP contribution in [0, 0.1) is 18.7 Å². The molecule has 26 heavy (non-hydrogen) atoms. The quantitative estimate of drug-likeness (QED) is 0.784. The number of rotatable bonds is 3. The first-order valence-corrected chi connectivity index (χ1v) is 8.24. The zero-order valence-corrected chi connectivity index (χ0v) is 14.0. The molecule has 2 amide bonds. The van der Waals surface area contributed by atoms with E-state index in [4.69, 9.17) is 4.42 Å². The average molecular weight is 353 g/mol. The van der Waals surface area contributed by atoms with Crippen LogP contribution in [0.15, 0.2) is 46.9 Å². The molecule has 0 spiro atoms. The summed E-state index contributed by atoms with van der Waals surface area (Å²) < 4.78 is 19.1. The predicted octanol–water partition coefficient (Wildman–Crippen LogP) is 3.27. The van der Waals surface area contributed by atoms with Crippen molar-refractivity contribution in [3.63, 3.8) is 0 Å². The molecule has 1 aliphatic heterocycles. The molecule has 2 aromatic carbocycles. The molecular weight excluding hydrogens is 337 g/mol. The summed E-state index contributed by atoms with van der Waals surface area (Å²) in [6.45, 7) is 1.99. The summed E-state index contributed by atoms with van der Waals surface area (Å²) in [6.07, 6.45) is 0.0795. The smallest absolute Gasteiger partial charge is 0.229 e. The number of fused-ring (bicyclic) bond motifs is 1. The van der Waals surface area contributed by atoms with Crippen molar-refractivity contribution in [1.29, 1.82) is 0 Å². The summed E-state index contributed by atoms with van der Waals surface area (Å²) in [7, 11) is 0. The molecule has 1 aromatic heterocycles. The van der Waals surface area contributed by atoms with Gasteiger partial charge in [-0.2, -0.15) is 0 Å². The van der Waals surface area contributed by atoms with Gasteiger partial charge in [-0.25, -0.2) is 9.37 Å². The molecule has 7 heteroatoms. The maximum atomic E-state index is 13.7. The SMILES string of the molecule is Cc1nc2cc(N3C[C@@H](C(=O)Nc4ccccc4F)CC3=O)ccc2o1. The number of hydrogen-bond acceptors (Lipinski definition) is 4. The van der Waals surface area contributed by atoms with Crippen LogP contribution in [-0.2, 0) is 9.59 Å². The van der Waals surface area contributed by atoms with Crippen LogP contribution >= 0.6 is 0 Å². The first kappa shape index (κ1) is 16.3. The van der Waals surface area contributed by atoms with Crippen LogP contribution in [0.3, 0.4) is 0 Å². The van der Waals surface area contributed by atoms with E-state index >= 15 is 0 Å². The summed E-state index contributed by atoms with van der Waals surface area (Å²) in [5, 5.41) is 2.56. The lowest BCUT2D eigenvalue weighted by atomic mass is 10.1. The molecule has 1 N–H and O–H groups in total. The first-order valence-electron chi connectivity index (χ1n) is 8.24. The van der Waals surface area contributed by atoms with E-state index in [0.29, 0.717) is 22.7 Å². The lowest BCUT2D eigenvalue weighted by Gasteiger charge is -2.16. The summed E-state index contributed by atoms with van der Waals surface area (Å²) in [4.78, 5) is 30.6.